The van der Waals surface area contributed by atoms with Gasteiger partial charge in [0.25, 0.3) is 10.0 Å². The summed E-state index contributed by atoms with van der Waals surface area (Å²) in [4.78, 5) is 2.50. The van der Waals surface area contributed by atoms with Crippen LogP contribution in [0.25, 0.3) is 0 Å². The number of hydrogen-bond donors (Lipinski definition) is 0. The highest BCUT2D eigenvalue weighted by Gasteiger charge is 2.33. The molecule has 2 aromatic rings. The van der Waals surface area contributed by atoms with Crippen LogP contribution in [0.2, 0.25) is 0 Å². The lowest BCUT2D eigenvalue weighted by Crippen LogP contribution is -2.36. The molecule has 144 valence electrons. The molecule has 0 atom stereocenters. The second-order valence-corrected chi connectivity index (χ2v) is 8.72. The standard InChI is InChI=1S/C20H24N2O4S/c1-15-3-6-19(25-2)20(13-15)27(23,24)22-8-7-16-14-17(4-5-18(16)22)21-9-11-26-12-10-21/h3-6,13-14H,7-12H2,1-2H3. The molecule has 0 aromatic heterocycles. The quantitative estimate of drug-likeness (QED) is 0.806. The number of fused-ring (bicyclic) bond motifs is 1. The molecule has 2 heterocycles. The summed E-state index contributed by atoms with van der Waals surface area (Å²) in [6, 6.07) is 11.3. The second-order valence-electron chi connectivity index (χ2n) is 6.89. The number of anilines is 2. The van der Waals surface area contributed by atoms with Gasteiger partial charge in [-0.3, -0.25) is 4.31 Å². The van der Waals surface area contributed by atoms with Crippen LogP contribution in [0.1, 0.15) is 11.1 Å². The second kappa shape index (κ2) is 7.05. The minimum absolute atomic E-state index is 0.218. The van der Waals surface area contributed by atoms with Crippen molar-refractivity contribution in [1.82, 2.24) is 0 Å². The topological polar surface area (TPSA) is 59.1 Å². The van der Waals surface area contributed by atoms with E-state index in [4.69, 9.17) is 9.47 Å². The Bertz CT molecular complexity index is 952. The molecule has 0 N–H and O–H groups in total. The molecule has 1 fully saturated rings. The number of benzene rings is 2. The number of methoxy groups -OCH3 is 1. The monoisotopic (exact) mass is 388 g/mol. The lowest BCUT2D eigenvalue weighted by atomic mass is 10.1. The summed E-state index contributed by atoms with van der Waals surface area (Å²) in [5, 5.41) is 0. The van der Waals surface area contributed by atoms with Crippen LogP contribution in [0.4, 0.5) is 11.4 Å². The molecule has 0 radical (unpaired) electrons. The smallest absolute Gasteiger partial charge is 0.268 e. The maximum Gasteiger partial charge on any atom is 0.268 e. The van der Waals surface area contributed by atoms with E-state index in [1.165, 1.54) is 11.4 Å². The Labute approximate surface area is 160 Å². The number of rotatable bonds is 4. The number of hydrogen-bond acceptors (Lipinski definition) is 5. The highest BCUT2D eigenvalue weighted by atomic mass is 32.2. The Balaban J connectivity index is 1.69. The van der Waals surface area contributed by atoms with E-state index >= 15 is 0 Å². The first-order valence-corrected chi connectivity index (χ1v) is 10.6. The minimum atomic E-state index is -3.68. The zero-order chi connectivity index (χ0) is 19.0. The van der Waals surface area contributed by atoms with Crippen LogP contribution in [0, 0.1) is 6.92 Å². The minimum Gasteiger partial charge on any atom is -0.495 e. The fourth-order valence-corrected chi connectivity index (χ4v) is 5.48. The third-order valence-electron chi connectivity index (χ3n) is 5.18. The number of nitrogens with zero attached hydrogens (tertiary/aromatic N) is 2. The third kappa shape index (κ3) is 3.26. The van der Waals surface area contributed by atoms with Gasteiger partial charge in [-0.25, -0.2) is 8.42 Å². The molecule has 0 aliphatic carbocycles. The average molecular weight is 388 g/mol. The number of morpholine rings is 1. The molecule has 2 aromatic carbocycles. The Morgan fingerprint density at radius 2 is 1.81 bits per heavy atom. The molecule has 0 unspecified atom stereocenters. The van der Waals surface area contributed by atoms with E-state index in [2.05, 4.69) is 11.0 Å². The zero-order valence-corrected chi connectivity index (χ0v) is 16.5. The normalized spacial score (nSPS) is 17.1. The van der Waals surface area contributed by atoms with E-state index in [-0.39, 0.29) is 4.90 Å². The van der Waals surface area contributed by atoms with Crippen LogP contribution in [-0.4, -0.2) is 48.4 Å². The summed E-state index contributed by atoms with van der Waals surface area (Å²) < 4.78 is 38.9. The molecule has 6 nitrogen and oxygen atoms in total. The summed E-state index contributed by atoms with van der Waals surface area (Å²) in [5.41, 5.74) is 3.84. The van der Waals surface area contributed by atoms with Gasteiger partial charge in [0.2, 0.25) is 0 Å². The average Bonchev–Trinajstić information content (AvgIpc) is 3.12. The van der Waals surface area contributed by atoms with Gasteiger partial charge in [0.15, 0.2) is 0 Å². The summed E-state index contributed by atoms with van der Waals surface area (Å²) in [6.45, 7) is 5.50. The van der Waals surface area contributed by atoms with Gasteiger partial charge in [-0.1, -0.05) is 6.07 Å². The van der Waals surface area contributed by atoms with Gasteiger partial charge < -0.3 is 14.4 Å². The molecule has 0 amide bonds. The fraction of sp³-hybridized carbons (Fsp3) is 0.400. The highest BCUT2D eigenvalue weighted by molar-refractivity contribution is 7.93. The number of aryl methyl sites for hydroxylation is 1. The molecule has 0 spiro atoms. The lowest BCUT2D eigenvalue weighted by Gasteiger charge is -2.29. The molecule has 0 saturated carbocycles. The van der Waals surface area contributed by atoms with Crippen LogP contribution in [-0.2, 0) is 21.2 Å². The molecular weight excluding hydrogens is 364 g/mol. The summed E-state index contributed by atoms with van der Waals surface area (Å²) in [5.74, 6) is 0.374. The lowest BCUT2D eigenvalue weighted by molar-refractivity contribution is 0.122. The van der Waals surface area contributed by atoms with Crippen molar-refractivity contribution in [3.63, 3.8) is 0 Å². The molecule has 2 aliphatic heterocycles. The van der Waals surface area contributed by atoms with Crippen molar-refractivity contribution in [1.29, 1.82) is 0 Å². The predicted octanol–water partition coefficient (Wildman–Crippen LogP) is 2.59. The molecule has 2 aliphatic rings. The zero-order valence-electron chi connectivity index (χ0n) is 15.6. The van der Waals surface area contributed by atoms with E-state index in [0.717, 1.165) is 48.8 Å². The van der Waals surface area contributed by atoms with Crippen LogP contribution < -0.4 is 13.9 Å². The molecule has 7 heteroatoms. The van der Waals surface area contributed by atoms with Gasteiger partial charge >= 0.3 is 0 Å². The first-order valence-electron chi connectivity index (χ1n) is 9.14. The van der Waals surface area contributed by atoms with Gasteiger partial charge in [-0.2, -0.15) is 0 Å². The van der Waals surface area contributed by atoms with E-state index in [1.807, 2.05) is 25.1 Å². The van der Waals surface area contributed by atoms with Crippen LogP contribution >= 0.6 is 0 Å². The number of sulfonamides is 1. The largest absolute Gasteiger partial charge is 0.495 e. The van der Waals surface area contributed by atoms with Gasteiger partial charge in [0, 0.05) is 25.3 Å². The van der Waals surface area contributed by atoms with Gasteiger partial charge in [-0.15, -0.1) is 0 Å². The van der Waals surface area contributed by atoms with Gasteiger partial charge in [0.1, 0.15) is 10.6 Å². The molecule has 27 heavy (non-hydrogen) atoms. The molecule has 0 bridgehead atoms. The highest BCUT2D eigenvalue weighted by Crippen LogP contribution is 2.37. The molecule has 4 rings (SSSR count). The van der Waals surface area contributed by atoms with Crippen LogP contribution in [0.15, 0.2) is 41.3 Å². The van der Waals surface area contributed by atoms with Crippen molar-refractivity contribution in [2.45, 2.75) is 18.2 Å². The van der Waals surface area contributed by atoms with Gasteiger partial charge in [0.05, 0.1) is 26.0 Å². The molecule has 1 saturated heterocycles. The summed E-state index contributed by atoms with van der Waals surface area (Å²) in [6.07, 6.45) is 0.709. The van der Waals surface area contributed by atoms with Crippen molar-refractivity contribution >= 4 is 21.4 Å². The Morgan fingerprint density at radius 1 is 1.04 bits per heavy atom. The predicted molar refractivity (Wildman–Crippen MR) is 105 cm³/mol. The fourth-order valence-electron chi connectivity index (χ4n) is 3.73. The Morgan fingerprint density at radius 3 is 2.56 bits per heavy atom. The first kappa shape index (κ1) is 18.1. The van der Waals surface area contributed by atoms with Gasteiger partial charge in [-0.05, 0) is 54.8 Å². The van der Waals surface area contributed by atoms with Crippen LogP contribution in [0.3, 0.4) is 0 Å². The summed E-state index contributed by atoms with van der Waals surface area (Å²) in [7, 11) is -2.18. The maximum absolute atomic E-state index is 13.3. The van der Waals surface area contributed by atoms with E-state index < -0.39 is 10.0 Å². The summed E-state index contributed by atoms with van der Waals surface area (Å²) >= 11 is 0. The molecular formula is C20H24N2O4S. The van der Waals surface area contributed by atoms with Crippen LogP contribution in [0.5, 0.6) is 5.75 Å². The van der Waals surface area contributed by atoms with Crippen molar-refractivity contribution in [2.24, 2.45) is 0 Å². The van der Waals surface area contributed by atoms with Crippen molar-refractivity contribution < 1.29 is 17.9 Å². The van der Waals surface area contributed by atoms with E-state index in [9.17, 15) is 8.42 Å². The number of ether oxygens (including phenoxy) is 2. The SMILES string of the molecule is COc1ccc(C)cc1S(=O)(=O)N1CCc2cc(N3CCOCC3)ccc21. The van der Waals surface area contributed by atoms with Crippen molar-refractivity contribution in [3.8, 4) is 5.75 Å². The Kier molecular flexibility index (Phi) is 4.74. The first-order chi connectivity index (χ1) is 13.0. The Hall–Kier alpha value is -2.25. The van der Waals surface area contributed by atoms with E-state index in [0.29, 0.717) is 18.7 Å². The maximum atomic E-state index is 13.3. The van der Waals surface area contributed by atoms with E-state index in [1.54, 1.807) is 12.1 Å². The van der Waals surface area contributed by atoms with Crippen molar-refractivity contribution in [2.75, 3.05) is 49.2 Å². The third-order valence-corrected chi connectivity index (χ3v) is 7.01. The van der Waals surface area contributed by atoms with Crippen molar-refractivity contribution in [3.05, 3.63) is 47.5 Å².